The predicted octanol–water partition coefficient (Wildman–Crippen LogP) is 2.76. The number of rotatable bonds is 5. The maximum atomic E-state index is 12.8. The van der Waals surface area contributed by atoms with Crippen molar-refractivity contribution in [3.05, 3.63) is 40.7 Å². The van der Waals surface area contributed by atoms with Crippen molar-refractivity contribution in [1.82, 2.24) is 19.3 Å². The van der Waals surface area contributed by atoms with Crippen molar-refractivity contribution in [3.63, 3.8) is 0 Å². The van der Waals surface area contributed by atoms with Gasteiger partial charge in [-0.05, 0) is 12.3 Å². The maximum absolute atomic E-state index is 12.8. The molecule has 2 aromatic rings. The van der Waals surface area contributed by atoms with Gasteiger partial charge in [-0.15, -0.1) is 0 Å². The molecule has 10 heteroatoms. The molecule has 0 aromatic carbocycles. The Labute approximate surface area is 153 Å². The summed E-state index contributed by atoms with van der Waals surface area (Å²) in [5.41, 5.74) is -2.18. The van der Waals surface area contributed by atoms with E-state index in [2.05, 4.69) is 15.4 Å². The van der Waals surface area contributed by atoms with Crippen LogP contribution in [0.15, 0.2) is 29.5 Å². The van der Waals surface area contributed by atoms with Crippen molar-refractivity contribution in [2.75, 3.05) is 5.32 Å². The van der Waals surface area contributed by atoms with Crippen molar-refractivity contribution in [3.8, 4) is 0 Å². The van der Waals surface area contributed by atoms with Gasteiger partial charge in [-0.25, -0.2) is 4.98 Å². The monoisotopic (exact) mass is 383 g/mol. The summed E-state index contributed by atoms with van der Waals surface area (Å²) < 4.78 is 40.8. The number of nitrogens with one attached hydrogen (secondary N) is 1. The third-order valence-electron chi connectivity index (χ3n) is 4.76. The summed E-state index contributed by atoms with van der Waals surface area (Å²) >= 11 is 0. The smallest absolute Gasteiger partial charge is 0.307 e. The molecule has 1 fully saturated rings. The zero-order valence-electron chi connectivity index (χ0n) is 14.7. The number of hydrogen-bond donors (Lipinski definition) is 1. The average molecular weight is 383 g/mol. The summed E-state index contributed by atoms with van der Waals surface area (Å²) in [6.07, 6.45) is 2.04. The first-order chi connectivity index (χ1) is 12.7. The highest BCUT2D eigenvalue weighted by Gasteiger charge is 2.34. The highest BCUT2D eigenvalue weighted by molar-refractivity contribution is 5.92. The highest BCUT2D eigenvalue weighted by atomic mass is 19.4. The maximum Gasteiger partial charge on any atom is 0.433 e. The Morgan fingerprint density at radius 2 is 2.07 bits per heavy atom. The van der Waals surface area contributed by atoms with E-state index in [1.807, 2.05) is 0 Å². The van der Waals surface area contributed by atoms with Gasteiger partial charge in [0.25, 0.3) is 5.56 Å². The fraction of sp³-hybridized carbons (Fsp3) is 0.529. The predicted molar refractivity (Wildman–Crippen MR) is 90.9 cm³/mol. The van der Waals surface area contributed by atoms with Crippen LogP contribution in [-0.2, 0) is 18.0 Å². The molecule has 7 nitrogen and oxygen atoms in total. The molecule has 1 amide bonds. The van der Waals surface area contributed by atoms with E-state index in [0.717, 1.165) is 36.6 Å². The van der Waals surface area contributed by atoms with E-state index < -0.39 is 29.4 Å². The fourth-order valence-corrected chi connectivity index (χ4v) is 3.40. The van der Waals surface area contributed by atoms with Crippen LogP contribution in [0.5, 0.6) is 0 Å². The second kappa shape index (κ2) is 7.53. The van der Waals surface area contributed by atoms with E-state index in [1.54, 1.807) is 19.3 Å². The standard InChI is InChI=1S/C17H20F3N5O2/c1-24-7-6-14(23-24)22-16(27)12(8-11-4-2-3-5-11)25-10-21-13(9-15(25)26)17(18,19)20/h6-7,9-12H,2-5,8H2,1H3,(H,22,23,27)/t12-/m0/s1. The second-order valence-corrected chi connectivity index (χ2v) is 6.78. The highest BCUT2D eigenvalue weighted by Crippen LogP contribution is 2.32. The summed E-state index contributed by atoms with van der Waals surface area (Å²) in [7, 11) is 1.69. The Balaban J connectivity index is 1.89. The van der Waals surface area contributed by atoms with Crippen molar-refractivity contribution >= 4 is 11.7 Å². The summed E-state index contributed by atoms with van der Waals surface area (Å²) in [6, 6.07) is 1.07. The van der Waals surface area contributed by atoms with E-state index >= 15 is 0 Å². The Morgan fingerprint density at radius 3 is 2.63 bits per heavy atom. The lowest BCUT2D eigenvalue weighted by Gasteiger charge is -2.22. The Kier molecular flexibility index (Phi) is 5.33. The molecule has 2 heterocycles. The molecule has 0 aliphatic heterocycles. The van der Waals surface area contributed by atoms with Gasteiger partial charge in [-0.1, -0.05) is 25.7 Å². The number of aryl methyl sites for hydroxylation is 1. The van der Waals surface area contributed by atoms with Gasteiger partial charge >= 0.3 is 6.18 Å². The molecule has 1 atom stereocenters. The lowest BCUT2D eigenvalue weighted by Crippen LogP contribution is -2.35. The third-order valence-corrected chi connectivity index (χ3v) is 4.76. The first-order valence-electron chi connectivity index (χ1n) is 8.70. The van der Waals surface area contributed by atoms with Crippen molar-refractivity contribution in [2.24, 2.45) is 13.0 Å². The Morgan fingerprint density at radius 1 is 1.37 bits per heavy atom. The number of carbonyl (C=O) groups is 1. The van der Waals surface area contributed by atoms with Crippen LogP contribution in [0.4, 0.5) is 19.0 Å². The molecule has 0 saturated heterocycles. The molecule has 1 aliphatic carbocycles. The minimum atomic E-state index is -4.71. The number of hydrogen-bond acceptors (Lipinski definition) is 4. The van der Waals surface area contributed by atoms with Crippen molar-refractivity contribution < 1.29 is 18.0 Å². The zero-order valence-corrected chi connectivity index (χ0v) is 14.7. The second-order valence-electron chi connectivity index (χ2n) is 6.78. The topological polar surface area (TPSA) is 81.8 Å². The largest absolute Gasteiger partial charge is 0.433 e. The van der Waals surface area contributed by atoms with Crippen LogP contribution in [0.1, 0.15) is 43.8 Å². The van der Waals surface area contributed by atoms with E-state index in [0.29, 0.717) is 18.3 Å². The minimum absolute atomic E-state index is 0.235. The molecular formula is C17H20F3N5O2. The van der Waals surface area contributed by atoms with E-state index in [9.17, 15) is 22.8 Å². The molecular weight excluding hydrogens is 363 g/mol. The molecule has 3 rings (SSSR count). The van der Waals surface area contributed by atoms with Crippen LogP contribution in [0, 0.1) is 5.92 Å². The number of anilines is 1. The summed E-state index contributed by atoms with van der Waals surface area (Å²) in [5, 5.41) is 6.69. The first kappa shape index (κ1) is 19.1. The van der Waals surface area contributed by atoms with Gasteiger partial charge < -0.3 is 5.32 Å². The molecule has 1 saturated carbocycles. The van der Waals surface area contributed by atoms with Crippen molar-refractivity contribution in [2.45, 2.75) is 44.3 Å². The molecule has 0 unspecified atom stereocenters. The van der Waals surface area contributed by atoms with Crippen LogP contribution in [-0.4, -0.2) is 25.2 Å². The Bertz CT molecular complexity index is 868. The van der Waals surface area contributed by atoms with Crippen LogP contribution in [0.2, 0.25) is 0 Å². The van der Waals surface area contributed by atoms with Gasteiger partial charge in [-0.3, -0.25) is 18.8 Å². The van der Waals surface area contributed by atoms with Gasteiger partial charge in [-0.2, -0.15) is 18.3 Å². The SMILES string of the molecule is Cn1ccc(NC(=O)[C@H](CC2CCCC2)n2cnc(C(F)(F)F)cc2=O)n1. The zero-order chi connectivity index (χ0) is 19.6. The van der Waals surface area contributed by atoms with Crippen LogP contribution in [0.3, 0.4) is 0 Å². The first-order valence-corrected chi connectivity index (χ1v) is 8.70. The number of carbonyl (C=O) groups excluding carboxylic acids is 1. The molecule has 1 N–H and O–H groups in total. The summed E-state index contributed by atoms with van der Waals surface area (Å²) in [6.45, 7) is 0. The molecule has 0 bridgehead atoms. The molecule has 0 radical (unpaired) electrons. The van der Waals surface area contributed by atoms with E-state index in [1.165, 1.54) is 4.68 Å². The lowest BCUT2D eigenvalue weighted by atomic mass is 9.97. The van der Waals surface area contributed by atoms with Gasteiger partial charge in [0.15, 0.2) is 11.5 Å². The lowest BCUT2D eigenvalue weighted by molar-refractivity contribution is -0.141. The van der Waals surface area contributed by atoms with Gasteiger partial charge in [0, 0.05) is 25.4 Å². The van der Waals surface area contributed by atoms with Crippen LogP contribution >= 0.6 is 0 Å². The summed E-state index contributed by atoms with van der Waals surface area (Å²) in [5.74, 6) is 0.0507. The van der Waals surface area contributed by atoms with E-state index in [4.69, 9.17) is 0 Å². The minimum Gasteiger partial charge on any atom is -0.307 e. The summed E-state index contributed by atoms with van der Waals surface area (Å²) in [4.78, 5) is 28.4. The number of aromatic nitrogens is 4. The molecule has 0 spiro atoms. The Hall–Kier alpha value is -2.65. The molecule has 27 heavy (non-hydrogen) atoms. The van der Waals surface area contributed by atoms with E-state index in [-0.39, 0.29) is 5.92 Å². The normalized spacial score (nSPS) is 16.4. The van der Waals surface area contributed by atoms with Crippen molar-refractivity contribution in [1.29, 1.82) is 0 Å². The fourth-order valence-electron chi connectivity index (χ4n) is 3.40. The van der Waals surface area contributed by atoms with Gasteiger partial charge in [0.05, 0.1) is 6.33 Å². The van der Waals surface area contributed by atoms with Gasteiger partial charge in [0.2, 0.25) is 5.91 Å². The quantitative estimate of drug-likeness (QED) is 0.861. The number of alkyl halides is 3. The number of nitrogens with zero attached hydrogens (tertiary/aromatic N) is 4. The van der Waals surface area contributed by atoms with Crippen LogP contribution < -0.4 is 10.9 Å². The molecule has 146 valence electrons. The van der Waals surface area contributed by atoms with Gasteiger partial charge in [0.1, 0.15) is 6.04 Å². The molecule has 2 aromatic heterocycles. The number of halogens is 3. The van der Waals surface area contributed by atoms with Crippen LogP contribution in [0.25, 0.3) is 0 Å². The number of amides is 1. The third kappa shape index (κ3) is 4.55. The average Bonchev–Trinajstić information content (AvgIpc) is 3.23. The molecule has 1 aliphatic rings.